The van der Waals surface area contributed by atoms with Crippen LogP contribution in [-0.4, -0.2) is 43.2 Å². The van der Waals surface area contributed by atoms with Crippen LogP contribution in [0.2, 0.25) is 0 Å². The molecule has 0 N–H and O–H groups in total. The standard InChI is InChI=1S/C15H19NO3S/c1-19-15(18)12-4-3-9-16(10-12)14(17)11-5-7-13(20-2)8-6-11/h5-8,12H,3-4,9-10H2,1-2H3/t12-/m0/s1. The summed E-state index contributed by atoms with van der Waals surface area (Å²) in [7, 11) is 1.39. The molecule has 1 aromatic rings. The Morgan fingerprint density at radius 1 is 1.30 bits per heavy atom. The van der Waals surface area contributed by atoms with E-state index in [-0.39, 0.29) is 17.8 Å². The fourth-order valence-corrected chi connectivity index (χ4v) is 2.85. The van der Waals surface area contributed by atoms with Crippen LogP contribution in [0.3, 0.4) is 0 Å². The average molecular weight is 293 g/mol. The Bertz CT molecular complexity index is 486. The Morgan fingerprint density at radius 2 is 2.00 bits per heavy atom. The van der Waals surface area contributed by atoms with E-state index in [0.29, 0.717) is 18.7 Å². The van der Waals surface area contributed by atoms with Crippen LogP contribution in [0.4, 0.5) is 0 Å². The smallest absolute Gasteiger partial charge is 0.310 e. The number of esters is 1. The lowest BCUT2D eigenvalue weighted by Crippen LogP contribution is -2.42. The maximum atomic E-state index is 12.4. The van der Waals surface area contributed by atoms with Crippen LogP contribution in [0.1, 0.15) is 23.2 Å². The van der Waals surface area contributed by atoms with Crippen molar-refractivity contribution < 1.29 is 14.3 Å². The van der Waals surface area contributed by atoms with Gasteiger partial charge in [-0.15, -0.1) is 11.8 Å². The predicted octanol–water partition coefficient (Wildman–Crippen LogP) is 2.43. The van der Waals surface area contributed by atoms with Gasteiger partial charge in [-0.25, -0.2) is 0 Å². The number of hydrogen-bond donors (Lipinski definition) is 0. The Balaban J connectivity index is 2.05. The SMILES string of the molecule is COC(=O)[C@H]1CCCN(C(=O)c2ccc(SC)cc2)C1. The first-order valence-corrected chi connectivity index (χ1v) is 7.89. The zero-order valence-electron chi connectivity index (χ0n) is 11.8. The minimum Gasteiger partial charge on any atom is -0.469 e. The number of benzene rings is 1. The lowest BCUT2D eigenvalue weighted by molar-refractivity contribution is -0.146. The zero-order valence-corrected chi connectivity index (χ0v) is 12.6. The van der Waals surface area contributed by atoms with Gasteiger partial charge in [0.05, 0.1) is 13.0 Å². The highest BCUT2D eigenvalue weighted by Gasteiger charge is 2.29. The maximum Gasteiger partial charge on any atom is 0.310 e. The van der Waals surface area contributed by atoms with Gasteiger partial charge in [0, 0.05) is 23.5 Å². The van der Waals surface area contributed by atoms with Crippen molar-refractivity contribution in [1.82, 2.24) is 4.90 Å². The van der Waals surface area contributed by atoms with E-state index in [1.165, 1.54) is 7.11 Å². The Labute approximate surface area is 123 Å². The number of nitrogens with zero attached hydrogens (tertiary/aromatic N) is 1. The third-order valence-corrected chi connectivity index (χ3v) is 4.32. The number of rotatable bonds is 3. The first-order valence-electron chi connectivity index (χ1n) is 6.67. The van der Waals surface area contributed by atoms with Gasteiger partial charge in [0.25, 0.3) is 5.91 Å². The fourth-order valence-electron chi connectivity index (χ4n) is 2.44. The molecule has 1 aliphatic rings. The van der Waals surface area contributed by atoms with Crippen LogP contribution in [0, 0.1) is 5.92 Å². The predicted molar refractivity (Wildman–Crippen MR) is 78.9 cm³/mol. The summed E-state index contributed by atoms with van der Waals surface area (Å²) in [5, 5.41) is 0. The molecule has 1 atom stereocenters. The van der Waals surface area contributed by atoms with Gasteiger partial charge in [0.2, 0.25) is 0 Å². The van der Waals surface area contributed by atoms with Crippen molar-refractivity contribution in [3.63, 3.8) is 0 Å². The van der Waals surface area contributed by atoms with Crippen molar-refractivity contribution in [2.45, 2.75) is 17.7 Å². The van der Waals surface area contributed by atoms with Gasteiger partial charge in [0.1, 0.15) is 0 Å². The third kappa shape index (κ3) is 3.33. The Kier molecular flexibility index (Phi) is 5.06. The monoisotopic (exact) mass is 293 g/mol. The van der Waals surface area contributed by atoms with Gasteiger partial charge in [-0.05, 0) is 43.4 Å². The molecule has 5 heteroatoms. The van der Waals surface area contributed by atoms with Gasteiger partial charge in [0.15, 0.2) is 0 Å². The van der Waals surface area contributed by atoms with Crippen LogP contribution < -0.4 is 0 Å². The normalized spacial score (nSPS) is 18.7. The number of carbonyl (C=O) groups is 2. The lowest BCUT2D eigenvalue weighted by Gasteiger charge is -2.31. The number of piperidine rings is 1. The number of methoxy groups -OCH3 is 1. The third-order valence-electron chi connectivity index (χ3n) is 3.58. The molecule has 0 bridgehead atoms. The van der Waals surface area contributed by atoms with Crippen molar-refractivity contribution in [3.05, 3.63) is 29.8 Å². The molecule has 2 rings (SSSR count). The molecule has 0 radical (unpaired) electrons. The number of likely N-dealkylation sites (tertiary alicyclic amines) is 1. The second-order valence-electron chi connectivity index (χ2n) is 4.84. The Morgan fingerprint density at radius 3 is 2.60 bits per heavy atom. The molecular formula is C15H19NO3S. The summed E-state index contributed by atoms with van der Waals surface area (Å²) in [6.07, 6.45) is 3.64. The molecule has 1 fully saturated rings. The summed E-state index contributed by atoms with van der Waals surface area (Å²) in [4.78, 5) is 26.9. The van der Waals surface area contributed by atoms with Crippen molar-refractivity contribution in [2.75, 3.05) is 26.5 Å². The first kappa shape index (κ1) is 14.9. The van der Waals surface area contributed by atoms with Crippen molar-refractivity contribution in [2.24, 2.45) is 5.92 Å². The minimum absolute atomic E-state index is 0.00810. The fraction of sp³-hybridized carbons (Fsp3) is 0.467. The van der Waals surface area contributed by atoms with Crippen molar-refractivity contribution >= 4 is 23.6 Å². The number of carbonyl (C=O) groups excluding carboxylic acids is 2. The van der Waals surface area contributed by atoms with Crippen molar-refractivity contribution in [1.29, 1.82) is 0 Å². The van der Waals surface area contributed by atoms with Crippen LogP contribution in [0.25, 0.3) is 0 Å². The molecule has 1 aliphatic heterocycles. The van der Waals surface area contributed by atoms with Crippen molar-refractivity contribution in [3.8, 4) is 0 Å². The van der Waals surface area contributed by atoms with E-state index in [9.17, 15) is 9.59 Å². The second-order valence-corrected chi connectivity index (χ2v) is 5.72. The summed E-state index contributed by atoms with van der Waals surface area (Å²) in [5.41, 5.74) is 0.674. The highest BCUT2D eigenvalue weighted by atomic mass is 32.2. The van der Waals surface area contributed by atoms with E-state index in [0.717, 1.165) is 17.7 Å². The highest BCUT2D eigenvalue weighted by molar-refractivity contribution is 7.98. The second kappa shape index (κ2) is 6.79. The molecule has 1 amide bonds. The van der Waals surface area contributed by atoms with E-state index in [4.69, 9.17) is 4.74 Å². The molecule has 1 heterocycles. The number of ether oxygens (including phenoxy) is 1. The first-order chi connectivity index (χ1) is 9.65. The summed E-state index contributed by atoms with van der Waals surface area (Å²) < 4.78 is 4.77. The molecule has 0 spiro atoms. The molecule has 0 unspecified atom stereocenters. The van der Waals surface area contributed by atoms with E-state index < -0.39 is 0 Å². The van der Waals surface area contributed by atoms with Crippen LogP contribution in [0.15, 0.2) is 29.2 Å². The van der Waals surface area contributed by atoms with Crippen LogP contribution in [0.5, 0.6) is 0 Å². The molecule has 0 aliphatic carbocycles. The largest absolute Gasteiger partial charge is 0.469 e. The van der Waals surface area contributed by atoms with E-state index in [2.05, 4.69) is 0 Å². The maximum absolute atomic E-state index is 12.4. The van der Waals surface area contributed by atoms with E-state index >= 15 is 0 Å². The summed E-state index contributed by atoms with van der Waals surface area (Å²) in [6.45, 7) is 1.16. The van der Waals surface area contributed by atoms with Gasteiger partial charge in [-0.3, -0.25) is 9.59 Å². The molecule has 0 saturated carbocycles. The van der Waals surface area contributed by atoms with Gasteiger partial charge < -0.3 is 9.64 Å². The van der Waals surface area contributed by atoms with Crippen LogP contribution in [-0.2, 0) is 9.53 Å². The number of thioether (sulfide) groups is 1. The summed E-state index contributed by atoms with van der Waals surface area (Å²) in [5.74, 6) is -0.422. The number of amides is 1. The molecule has 108 valence electrons. The molecule has 4 nitrogen and oxygen atoms in total. The van der Waals surface area contributed by atoms with Crippen LogP contribution >= 0.6 is 11.8 Å². The number of hydrogen-bond acceptors (Lipinski definition) is 4. The van der Waals surface area contributed by atoms with Gasteiger partial charge in [-0.1, -0.05) is 0 Å². The summed E-state index contributed by atoms with van der Waals surface area (Å²) >= 11 is 1.65. The Hall–Kier alpha value is -1.49. The highest BCUT2D eigenvalue weighted by Crippen LogP contribution is 2.21. The quantitative estimate of drug-likeness (QED) is 0.634. The molecule has 0 aromatic heterocycles. The van der Waals surface area contributed by atoms with Gasteiger partial charge in [-0.2, -0.15) is 0 Å². The summed E-state index contributed by atoms with van der Waals surface area (Å²) in [6, 6.07) is 7.57. The minimum atomic E-state index is -0.222. The molecular weight excluding hydrogens is 274 g/mol. The lowest BCUT2D eigenvalue weighted by atomic mass is 9.97. The molecule has 1 saturated heterocycles. The van der Waals surface area contributed by atoms with Gasteiger partial charge >= 0.3 is 5.97 Å². The zero-order chi connectivity index (χ0) is 14.5. The average Bonchev–Trinajstić information content (AvgIpc) is 2.53. The molecule has 20 heavy (non-hydrogen) atoms. The van der Waals surface area contributed by atoms with E-state index in [1.807, 2.05) is 30.5 Å². The molecule has 1 aromatic carbocycles. The van der Waals surface area contributed by atoms with E-state index in [1.54, 1.807) is 16.7 Å². The topological polar surface area (TPSA) is 46.6 Å².